The van der Waals surface area contributed by atoms with Crippen molar-refractivity contribution in [3.05, 3.63) is 59.7 Å². The summed E-state index contributed by atoms with van der Waals surface area (Å²) < 4.78 is 26.2. The van der Waals surface area contributed by atoms with Crippen LogP contribution < -0.4 is 4.90 Å². The minimum Gasteiger partial charge on any atom is -0.339 e. The van der Waals surface area contributed by atoms with Gasteiger partial charge in [-0.25, -0.2) is 8.42 Å². The zero-order valence-electron chi connectivity index (χ0n) is 17.7. The summed E-state index contributed by atoms with van der Waals surface area (Å²) in [5, 5.41) is -0.835. The number of carbonyl (C=O) groups excluding carboxylic acids is 2. The van der Waals surface area contributed by atoms with Crippen molar-refractivity contribution in [1.29, 1.82) is 0 Å². The summed E-state index contributed by atoms with van der Waals surface area (Å²) in [5.41, 5.74) is 2.63. The van der Waals surface area contributed by atoms with E-state index in [2.05, 4.69) is 0 Å². The van der Waals surface area contributed by atoms with Crippen molar-refractivity contribution in [3.8, 4) is 0 Å². The van der Waals surface area contributed by atoms with Crippen LogP contribution in [0.15, 0.2) is 53.4 Å². The summed E-state index contributed by atoms with van der Waals surface area (Å²) in [6.07, 6.45) is 0.561. The van der Waals surface area contributed by atoms with Crippen molar-refractivity contribution in [2.45, 2.75) is 50.3 Å². The molecule has 0 aliphatic carbocycles. The lowest BCUT2D eigenvalue weighted by atomic mass is 10.2. The summed E-state index contributed by atoms with van der Waals surface area (Å²) in [4.78, 5) is 28.0. The Morgan fingerprint density at radius 3 is 2.47 bits per heavy atom. The summed E-state index contributed by atoms with van der Waals surface area (Å²) in [5.74, 6) is -0.234. The largest absolute Gasteiger partial charge is 0.339 e. The highest BCUT2D eigenvalue weighted by Crippen LogP contribution is 2.31. The van der Waals surface area contributed by atoms with Crippen LogP contribution >= 0.6 is 0 Å². The van der Waals surface area contributed by atoms with Crippen LogP contribution in [-0.4, -0.2) is 43.5 Å². The zero-order chi connectivity index (χ0) is 21.9. The molecular formula is C23H28N2O4S. The van der Waals surface area contributed by atoms with Crippen molar-refractivity contribution in [2.75, 3.05) is 18.0 Å². The molecule has 1 atom stereocenters. The summed E-state index contributed by atoms with van der Waals surface area (Å²) in [6.45, 7) is 6.51. The standard InChI is InChI=1S/C23H28N2O4S/c1-4-24(16-19-8-6-5-7-9-19)23(27)14-17(2)30(28,29)21-10-11-22-20(15-21)12-13-25(22)18(3)26/h5-11,15,17H,4,12-14,16H2,1-3H3/t17-/m0/s1. The molecule has 2 aromatic rings. The van der Waals surface area contributed by atoms with Gasteiger partial charge < -0.3 is 9.80 Å². The number of sulfone groups is 1. The number of amides is 2. The fourth-order valence-corrected chi connectivity index (χ4v) is 5.17. The third kappa shape index (κ3) is 4.56. The molecule has 2 amide bonds. The van der Waals surface area contributed by atoms with Gasteiger partial charge in [-0.2, -0.15) is 0 Å². The van der Waals surface area contributed by atoms with Crippen LogP contribution in [0.3, 0.4) is 0 Å². The third-order valence-corrected chi connectivity index (χ3v) is 7.73. The van der Waals surface area contributed by atoms with E-state index in [9.17, 15) is 18.0 Å². The first-order valence-electron chi connectivity index (χ1n) is 10.2. The topological polar surface area (TPSA) is 74.8 Å². The van der Waals surface area contributed by atoms with Crippen molar-refractivity contribution in [1.82, 2.24) is 4.90 Å². The van der Waals surface area contributed by atoms with Gasteiger partial charge >= 0.3 is 0 Å². The van der Waals surface area contributed by atoms with Crippen LogP contribution in [0.5, 0.6) is 0 Å². The first-order valence-corrected chi connectivity index (χ1v) is 11.7. The quantitative estimate of drug-likeness (QED) is 0.679. The van der Waals surface area contributed by atoms with Crippen molar-refractivity contribution >= 4 is 27.3 Å². The van der Waals surface area contributed by atoms with E-state index in [4.69, 9.17) is 0 Å². The predicted octanol–water partition coefficient (Wildman–Crippen LogP) is 3.20. The number of hydrogen-bond acceptors (Lipinski definition) is 4. The van der Waals surface area contributed by atoms with Crippen LogP contribution in [0.2, 0.25) is 0 Å². The van der Waals surface area contributed by atoms with Crippen LogP contribution in [0.25, 0.3) is 0 Å². The van der Waals surface area contributed by atoms with Crippen molar-refractivity contribution in [2.24, 2.45) is 0 Å². The number of fused-ring (bicyclic) bond motifs is 1. The highest BCUT2D eigenvalue weighted by molar-refractivity contribution is 7.92. The normalized spacial score (nSPS) is 14.3. The Labute approximate surface area is 178 Å². The fourth-order valence-electron chi connectivity index (χ4n) is 3.78. The van der Waals surface area contributed by atoms with Gasteiger partial charge in [0.05, 0.1) is 10.1 Å². The van der Waals surface area contributed by atoms with E-state index in [0.717, 1.165) is 16.8 Å². The second-order valence-electron chi connectivity index (χ2n) is 7.66. The molecule has 0 bridgehead atoms. The molecule has 160 valence electrons. The number of hydrogen-bond donors (Lipinski definition) is 0. The third-order valence-electron chi connectivity index (χ3n) is 5.60. The summed E-state index contributed by atoms with van der Waals surface area (Å²) in [7, 11) is -3.66. The van der Waals surface area contributed by atoms with Crippen molar-refractivity contribution in [3.63, 3.8) is 0 Å². The Bertz CT molecular complexity index is 1030. The SMILES string of the molecule is CCN(Cc1ccccc1)C(=O)C[C@H](C)S(=O)(=O)c1ccc2c(c1)CCN2C(C)=O. The molecule has 1 aliphatic rings. The van der Waals surface area contributed by atoms with Gasteiger partial charge in [0.25, 0.3) is 0 Å². The average Bonchev–Trinajstić information content (AvgIpc) is 3.16. The van der Waals surface area contributed by atoms with E-state index >= 15 is 0 Å². The molecule has 0 saturated heterocycles. The monoisotopic (exact) mass is 428 g/mol. The average molecular weight is 429 g/mol. The Kier molecular flexibility index (Phi) is 6.61. The van der Waals surface area contributed by atoms with Crippen LogP contribution in [0.1, 0.15) is 38.3 Å². The molecule has 1 aliphatic heterocycles. The smallest absolute Gasteiger partial charge is 0.224 e. The fraction of sp³-hybridized carbons (Fsp3) is 0.391. The van der Waals surface area contributed by atoms with Crippen LogP contribution in [-0.2, 0) is 32.4 Å². The van der Waals surface area contributed by atoms with Gasteiger partial charge in [-0.15, -0.1) is 0 Å². The molecule has 0 unspecified atom stereocenters. The predicted molar refractivity (Wildman–Crippen MR) is 117 cm³/mol. The van der Waals surface area contributed by atoms with Crippen LogP contribution in [0, 0.1) is 0 Å². The maximum atomic E-state index is 13.1. The molecule has 30 heavy (non-hydrogen) atoms. The molecule has 0 N–H and O–H groups in total. The first kappa shape index (κ1) is 22.0. The highest BCUT2D eigenvalue weighted by Gasteiger charge is 2.30. The lowest BCUT2D eigenvalue weighted by Crippen LogP contribution is -2.34. The van der Waals surface area contributed by atoms with E-state index < -0.39 is 15.1 Å². The number of carbonyl (C=O) groups is 2. The van der Waals surface area contributed by atoms with Gasteiger partial charge in [-0.3, -0.25) is 9.59 Å². The van der Waals surface area contributed by atoms with E-state index in [1.165, 1.54) is 13.0 Å². The van der Waals surface area contributed by atoms with Gasteiger partial charge in [0.15, 0.2) is 9.84 Å². The Morgan fingerprint density at radius 2 is 1.83 bits per heavy atom. The molecule has 0 saturated carbocycles. The first-order chi connectivity index (χ1) is 14.2. The molecule has 1 heterocycles. The molecule has 0 fully saturated rings. The Hall–Kier alpha value is -2.67. The second kappa shape index (κ2) is 9.00. The van der Waals surface area contributed by atoms with Gasteiger partial charge in [0.2, 0.25) is 11.8 Å². The van der Waals surface area contributed by atoms with Gasteiger partial charge in [-0.05, 0) is 49.6 Å². The highest BCUT2D eigenvalue weighted by atomic mass is 32.2. The van der Waals surface area contributed by atoms with Gasteiger partial charge in [0, 0.05) is 38.7 Å². The number of benzene rings is 2. The van der Waals surface area contributed by atoms with E-state index in [-0.39, 0.29) is 23.1 Å². The molecule has 2 aromatic carbocycles. The van der Waals surface area contributed by atoms with Gasteiger partial charge in [-0.1, -0.05) is 30.3 Å². The number of rotatable bonds is 7. The summed E-state index contributed by atoms with van der Waals surface area (Å²) >= 11 is 0. The van der Waals surface area contributed by atoms with E-state index in [1.54, 1.807) is 28.9 Å². The van der Waals surface area contributed by atoms with E-state index in [0.29, 0.717) is 26.1 Å². The lowest BCUT2D eigenvalue weighted by molar-refractivity contribution is -0.131. The number of anilines is 1. The molecule has 0 radical (unpaired) electrons. The van der Waals surface area contributed by atoms with Crippen molar-refractivity contribution < 1.29 is 18.0 Å². The lowest BCUT2D eigenvalue weighted by Gasteiger charge is -2.23. The minimum absolute atomic E-state index is 0.0543. The van der Waals surface area contributed by atoms with Crippen LogP contribution in [0.4, 0.5) is 5.69 Å². The number of nitrogens with zero attached hydrogens (tertiary/aromatic N) is 2. The molecule has 6 nitrogen and oxygen atoms in total. The minimum atomic E-state index is -3.66. The Morgan fingerprint density at radius 1 is 1.13 bits per heavy atom. The molecule has 7 heteroatoms. The Balaban J connectivity index is 1.73. The molecule has 0 spiro atoms. The maximum Gasteiger partial charge on any atom is 0.224 e. The molecule has 3 rings (SSSR count). The molecule has 0 aromatic heterocycles. The second-order valence-corrected chi connectivity index (χ2v) is 10.0. The van der Waals surface area contributed by atoms with Gasteiger partial charge in [0.1, 0.15) is 0 Å². The zero-order valence-corrected chi connectivity index (χ0v) is 18.5. The summed E-state index contributed by atoms with van der Waals surface area (Å²) in [6, 6.07) is 14.5. The van der Waals surface area contributed by atoms with E-state index in [1.807, 2.05) is 37.3 Å². The maximum absolute atomic E-state index is 13.1. The molecular weight excluding hydrogens is 400 g/mol.